The fourth-order valence-corrected chi connectivity index (χ4v) is 7.48. The van der Waals surface area contributed by atoms with Crippen LogP contribution < -0.4 is 0 Å². The molecular formula is C29H43N3S. The molecule has 1 aromatic heterocycles. The number of hydrogen-bond acceptors (Lipinski definition) is 4. The van der Waals surface area contributed by atoms with Crippen molar-refractivity contribution in [2.24, 2.45) is 0 Å². The monoisotopic (exact) mass is 465 g/mol. The number of fused-ring (bicyclic) bond motifs is 1. The van der Waals surface area contributed by atoms with Crippen LogP contribution in [0.3, 0.4) is 0 Å². The van der Waals surface area contributed by atoms with Gasteiger partial charge in [-0.25, -0.2) is 4.98 Å². The van der Waals surface area contributed by atoms with Gasteiger partial charge in [-0.15, -0.1) is 11.3 Å². The number of nitrogens with zero attached hydrogens (tertiary/aromatic N) is 3. The second kappa shape index (κ2) is 9.09. The molecule has 0 bridgehead atoms. The third-order valence-corrected chi connectivity index (χ3v) is 10.0. The largest absolute Gasteiger partial charge is 0.302 e. The van der Waals surface area contributed by atoms with Gasteiger partial charge in [-0.05, 0) is 92.7 Å². The van der Waals surface area contributed by atoms with Crippen molar-refractivity contribution >= 4 is 11.3 Å². The lowest BCUT2D eigenvalue weighted by molar-refractivity contribution is 0.0803. The van der Waals surface area contributed by atoms with Gasteiger partial charge in [0, 0.05) is 29.4 Å². The Bertz CT molecular complexity index is 967. The number of likely N-dealkylation sites (tertiary alicyclic amines) is 2. The molecule has 3 nitrogen and oxygen atoms in total. The van der Waals surface area contributed by atoms with E-state index in [4.69, 9.17) is 4.98 Å². The standard InChI is InChI=1S/C29H43N3S/c1-6-31-15-7-8-23(19-31)32-16-11-21(12-17-32)27-30-26(20-33-27)22-9-10-24-25(18-22)29(4,5)14-13-28(24,2)3/h9-10,18,20-21,23H,6-8,11-17,19H2,1-5H3. The van der Waals surface area contributed by atoms with Crippen molar-refractivity contribution in [2.45, 2.75) is 95.9 Å². The van der Waals surface area contributed by atoms with Gasteiger partial charge >= 0.3 is 0 Å². The van der Waals surface area contributed by atoms with Crippen LogP contribution in [0.4, 0.5) is 0 Å². The SMILES string of the molecule is CCN1CCCC(N2CCC(c3nc(-c4ccc5c(c4)C(C)(C)CCC5(C)C)cs3)CC2)C1. The Morgan fingerprint density at radius 2 is 1.70 bits per heavy atom. The van der Waals surface area contributed by atoms with E-state index in [9.17, 15) is 0 Å². The third kappa shape index (κ3) is 4.68. The summed E-state index contributed by atoms with van der Waals surface area (Å²) in [5.41, 5.74) is 6.09. The number of rotatable bonds is 4. The predicted octanol–water partition coefficient (Wildman–Crippen LogP) is 6.82. The second-order valence-corrected chi connectivity index (χ2v) is 13.0. The number of benzene rings is 1. The molecule has 2 fully saturated rings. The van der Waals surface area contributed by atoms with Crippen LogP contribution in [0.15, 0.2) is 23.6 Å². The first-order valence-corrected chi connectivity index (χ1v) is 14.2. The van der Waals surface area contributed by atoms with E-state index in [1.54, 1.807) is 0 Å². The fraction of sp³-hybridized carbons (Fsp3) is 0.690. The number of piperidine rings is 2. The van der Waals surface area contributed by atoms with Gasteiger partial charge in [0.05, 0.1) is 10.7 Å². The highest BCUT2D eigenvalue weighted by Crippen LogP contribution is 2.47. The lowest BCUT2D eigenvalue weighted by atomic mass is 9.63. The van der Waals surface area contributed by atoms with Gasteiger partial charge in [-0.1, -0.05) is 46.8 Å². The summed E-state index contributed by atoms with van der Waals surface area (Å²) < 4.78 is 0. The summed E-state index contributed by atoms with van der Waals surface area (Å²) in [4.78, 5) is 10.6. The molecule has 0 N–H and O–H groups in total. The Morgan fingerprint density at radius 3 is 2.42 bits per heavy atom. The molecule has 3 aliphatic rings. The van der Waals surface area contributed by atoms with Gasteiger partial charge in [-0.3, -0.25) is 4.90 Å². The minimum atomic E-state index is 0.249. The van der Waals surface area contributed by atoms with Gasteiger partial charge in [0.25, 0.3) is 0 Å². The zero-order valence-electron chi connectivity index (χ0n) is 21.5. The van der Waals surface area contributed by atoms with E-state index < -0.39 is 0 Å². The smallest absolute Gasteiger partial charge is 0.0964 e. The topological polar surface area (TPSA) is 19.4 Å². The summed E-state index contributed by atoms with van der Waals surface area (Å²) in [7, 11) is 0. The summed E-state index contributed by atoms with van der Waals surface area (Å²) in [5.74, 6) is 0.638. The van der Waals surface area contributed by atoms with E-state index in [0.29, 0.717) is 5.92 Å². The summed E-state index contributed by atoms with van der Waals surface area (Å²) in [6.07, 6.45) is 7.80. The van der Waals surface area contributed by atoms with Gasteiger partial charge in [0.1, 0.15) is 0 Å². The molecule has 3 heterocycles. The molecule has 0 amide bonds. The van der Waals surface area contributed by atoms with E-state index in [1.807, 2.05) is 11.3 Å². The van der Waals surface area contributed by atoms with Gasteiger partial charge in [-0.2, -0.15) is 0 Å². The van der Waals surface area contributed by atoms with Crippen LogP contribution in [0.1, 0.15) is 95.2 Å². The first-order chi connectivity index (χ1) is 15.8. The van der Waals surface area contributed by atoms with Crippen LogP contribution >= 0.6 is 11.3 Å². The van der Waals surface area contributed by atoms with Crippen molar-refractivity contribution in [3.05, 3.63) is 39.7 Å². The van der Waals surface area contributed by atoms with Crippen molar-refractivity contribution in [1.82, 2.24) is 14.8 Å². The number of aromatic nitrogens is 1. The lowest BCUT2D eigenvalue weighted by Crippen LogP contribution is -2.50. The Balaban J connectivity index is 1.28. The number of thiazole rings is 1. The predicted molar refractivity (Wildman–Crippen MR) is 142 cm³/mol. The first kappa shape index (κ1) is 23.5. The molecule has 1 atom stereocenters. The van der Waals surface area contributed by atoms with E-state index in [0.717, 1.165) is 6.04 Å². The zero-order chi connectivity index (χ0) is 23.2. The lowest BCUT2D eigenvalue weighted by Gasteiger charge is -2.42. The van der Waals surface area contributed by atoms with Crippen molar-refractivity contribution in [1.29, 1.82) is 0 Å². The van der Waals surface area contributed by atoms with Gasteiger partial charge in [0.15, 0.2) is 0 Å². The van der Waals surface area contributed by atoms with E-state index in [2.05, 4.69) is 68.0 Å². The Labute approximate surface area is 205 Å². The van der Waals surface area contributed by atoms with E-state index in [1.165, 1.54) is 98.6 Å². The third-order valence-electron chi connectivity index (χ3n) is 8.99. The molecule has 0 spiro atoms. The molecule has 1 aliphatic carbocycles. The fourth-order valence-electron chi connectivity index (χ4n) is 6.48. The molecule has 2 aromatic rings. The van der Waals surface area contributed by atoms with Crippen molar-refractivity contribution in [3.8, 4) is 11.3 Å². The van der Waals surface area contributed by atoms with Crippen LogP contribution in [0.2, 0.25) is 0 Å². The highest BCUT2D eigenvalue weighted by Gasteiger charge is 2.37. The first-order valence-electron chi connectivity index (χ1n) is 13.3. The van der Waals surface area contributed by atoms with Crippen LogP contribution in [0.5, 0.6) is 0 Å². The number of likely N-dealkylation sites (N-methyl/N-ethyl adjacent to an activating group) is 1. The minimum Gasteiger partial charge on any atom is -0.302 e. The molecule has 2 aliphatic heterocycles. The molecule has 33 heavy (non-hydrogen) atoms. The minimum absolute atomic E-state index is 0.249. The van der Waals surface area contributed by atoms with Gasteiger partial charge in [0.2, 0.25) is 0 Å². The molecule has 180 valence electrons. The summed E-state index contributed by atoms with van der Waals surface area (Å²) >= 11 is 1.89. The summed E-state index contributed by atoms with van der Waals surface area (Å²) in [5, 5.41) is 3.67. The maximum atomic E-state index is 5.19. The molecule has 4 heteroatoms. The maximum absolute atomic E-state index is 5.19. The Morgan fingerprint density at radius 1 is 0.970 bits per heavy atom. The zero-order valence-corrected chi connectivity index (χ0v) is 22.3. The molecular weight excluding hydrogens is 422 g/mol. The van der Waals surface area contributed by atoms with Crippen LogP contribution in [-0.4, -0.2) is 53.5 Å². The normalized spacial score (nSPS) is 26.3. The maximum Gasteiger partial charge on any atom is 0.0964 e. The second-order valence-electron chi connectivity index (χ2n) is 12.1. The molecule has 0 saturated carbocycles. The van der Waals surface area contributed by atoms with Gasteiger partial charge < -0.3 is 4.90 Å². The summed E-state index contributed by atoms with van der Waals surface area (Å²) in [6.45, 7) is 18.2. The average Bonchev–Trinajstić information content (AvgIpc) is 3.32. The number of hydrogen-bond donors (Lipinski definition) is 0. The highest BCUT2D eigenvalue weighted by molar-refractivity contribution is 7.10. The molecule has 0 radical (unpaired) electrons. The van der Waals surface area contributed by atoms with Crippen LogP contribution in [0, 0.1) is 0 Å². The molecule has 1 aromatic carbocycles. The Kier molecular flexibility index (Phi) is 6.48. The molecule has 2 saturated heterocycles. The molecule has 5 rings (SSSR count). The summed E-state index contributed by atoms with van der Waals surface area (Å²) in [6, 6.07) is 7.95. The van der Waals surface area contributed by atoms with E-state index in [-0.39, 0.29) is 10.8 Å². The quantitative estimate of drug-likeness (QED) is 0.494. The van der Waals surface area contributed by atoms with Crippen LogP contribution in [0.25, 0.3) is 11.3 Å². The van der Waals surface area contributed by atoms with Crippen molar-refractivity contribution in [3.63, 3.8) is 0 Å². The Hall–Kier alpha value is -1.23. The highest BCUT2D eigenvalue weighted by atomic mass is 32.1. The van der Waals surface area contributed by atoms with Crippen molar-refractivity contribution < 1.29 is 0 Å². The average molecular weight is 466 g/mol. The molecule has 1 unspecified atom stereocenters. The van der Waals surface area contributed by atoms with Crippen LogP contribution in [-0.2, 0) is 10.8 Å². The van der Waals surface area contributed by atoms with E-state index >= 15 is 0 Å². The van der Waals surface area contributed by atoms with Crippen molar-refractivity contribution in [2.75, 3.05) is 32.7 Å².